The van der Waals surface area contributed by atoms with Crippen molar-refractivity contribution in [1.82, 2.24) is 0 Å². The van der Waals surface area contributed by atoms with Gasteiger partial charge < -0.3 is 10.4 Å². The van der Waals surface area contributed by atoms with Crippen molar-refractivity contribution >= 4 is 29.1 Å². The molecule has 1 aliphatic carbocycles. The number of amides is 1. The Labute approximate surface area is 109 Å². The van der Waals surface area contributed by atoms with Crippen LogP contribution in [0.2, 0.25) is 0 Å². The van der Waals surface area contributed by atoms with E-state index in [0.29, 0.717) is 17.0 Å². The van der Waals surface area contributed by atoms with Crippen LogP contribution in [-0.4, -0.2) is 29.2 Å². The Kier molecular flexibility index (Phi) is 2.68. The molecule has 1 saturated carbocycles. The van der Waals surface area contributed by atoms with E-state index in [2.05, 4.69) is 5.32 Å². The molecule has 1 aromatic rings. The Hall–Kier alpha value is -1.33. The summed E-state index contributed by atoms with van der Waals surface area (Å²) in [6, 6.07) is 5.36. The normalized spacial score (nSPS) is 19.9. The van der Waals surface area contributed by atoms with Gasteiger partial charge in [0.15, 0.2) is 5.78 Å². The van der Waals surface area contributed by atoms with Gasteiger partial charge in [-0.05, 0) is 25.0 Å². The van der Waals surface area contributed by atoms with Gasteiger partial charge in [0.1, 0.15) is 0 Å². The van der Waals surface area contributed by atoms with Gasteiger partial charge >= 0.3 is 0 Å². The Morgan fingerprint density at radius 2 is 2.22 bits per heavy atom. The van der Waals surface area contributed by atoms with Gasteiger partial charge in [-0.3, -0.25) is 9.59 Å². The first-order valence-corrected chi connectivity index (χ1v) is 6.86. The molecule has 1 aromatic carbocycles. The van der Waals surface area contributed by atoms with E-state index >= 15 is 0 Å². The molecule has 2 N–H and O–H groups in total. The van der Waals surface area contributed by atoms with Crippen molar-refractivity contribution in [3.8, 4) is 0 Å². The predicted octanol–water partition coefficient (Wildman–Crippen LogP) is 1.69. The molecule has 1 amide bonds. The number of anilines is 1. The highest BCUT2D eigenvalue weighted by Crippen LogP contribution is 2.48. The number of benzene rings is 1. The van der Waals surface area contributed by atoms with Crippen LogP contribution in [0.25, 0.3) is 0 Å². The standard InChI is InChI=1S/C13H13NO3S/c15-7-13(3-4-13)12(17)8-1-2-10-9(5-8)14-11(16)6-18-10/h1-2,5,15H,3-4,6-7H2,(H,14,16). The van der Waals surface area contributed by atoms with Crippen molar-refractivity contribution in [3.05, 3.63) is 23.8 Å². The second-order valence-corrected chi connectivity index (χ2v) is 5.83. The van der Waals surface area contributed by atoms with Gasteiger partial charge in [-0.15, -0.1) is 11.8 Å². The van der Waals surface area contributed by atoms with E-state index in [9.17, 15) is 14.7 Å². The maximum absolute atomic E-state index is 12.2. The third-order valence-corrected chi connectivity index (χ3v) is 4.59. The highest BCUT2D eigenvalue weighted by atomic mass is 32.2. The SMILES string of the molecule is O=C1CSc2ccc(C(=O)C3(CO)CC3)cc2N1. The van der Waals surface area contributed by atoms with Gasteiger partial charge in [0.05, 0.1) is 23.5 Å². The van der Waals surface area contributed by atoms with E-state index < -0.39 is 5.41 Å². The van der Waals surface area contributed by atoms with E-state index in [1.165, 1.54) is 11.8 Å². The number of fused-ring (bicyclic) bond motifs is 1. The molecule has 0 radical (unpaired) electrons. The van der Waals surface area contributed by atoms with Crippen LogP contribution in [0.15, 0.2) is 23.1 Å². The first-order chi connectivity index (χ1) is 8.64. The Morgan fingerprint density at radius 3 is 2.89 bits per heavy atom. The molecule has 18 heavy (non-hydrogen) atoms. The number of rotatable bonds is 3. The van der Waals surface area contributed by atoms with E-state index in [0.717, 1.165) is 17.7 Å². The fourth-order valence-electron chi connectivity index (χ4n) is 2.14. The average molecular weight is 263 g/mol. The first kappa shape index (κ1) is 11.7. The van der Waals surface area contributed by atoms with Gasteiger partial charge in [0.2, 0.25) is 5.91 Å². The van der Waals surface area contributed by atoms with Gasteiger partial charge in [0, 0.05) is 10.5 Å². The molecule has 0 bridgehead atoms. The molecule has 1 aliphatic heterocycles. The summed E-state index contributed by atoms with van der Waals surface area (Å²) in [6.07, 6.45) is 1.50. The quantitative estimate of drug-likeness (QED) is 0.814. The van der Waals surface area contributed by atoms with Crippen molar-refractivity contribution in [1.29, 1.82) is 0 Å². The Morgan fingerprint density at radius 1 is 1.44 bits per heavy atom. The molecular weight excluding hydrogens is 250 g/mol. The summed E-state index contributed by atoms with van der Waals surface area (Å²) in [5.41, 5.74) is 0.721. The number of Topliss-reactive ketones (excluding diaryl/α,β-unsaturated/α-hetero) is 1. The van der Waals surface area contributed by atoms with Crippen molar-refractivity contribution in [2.24, 2.45) is 5.41 Å². The summed E-state index contributed by atoms with van der Waals surface area (Å²) in [6.45, 7) is -0.0932. The molecule has 0 aromatic heterocycles. The second-order valence-electron chi connectivity index (χ2n) is 4.82. The van der Waals surface area contributed by atoms with Gasteiger partial charge in [-0.25, -0.2) is 0 Å². The molecule has 1 fully saturated rings. The van der Waals surface area contributed by atoms with Gasteiger partial charge in [-0.1, -0.05) is 6.07 Å². The van der Waals surface area contributed by atoms with E-state index in [-0.39, 0.29) is 18.3 Å². The molecule has 2 aliphatic rings. The molecule has 1 heterocycles. The largest absolute Gasteiger partial charge is 0.395 e. The molecule has 5 heteroatoms. The van der Waals surface area contributed by atoms with Crippen LogP contribution in [0.1, 0.15) is 23.2 Å². The monoisotopic (exact) mass is 263 g/mol. The van der Waals surface area contributed by atoms with Crippen LogP contribution >= 0.6 is 11.8 Å². The van der Waals surface area contributed by atoms with Crippen LogP contribution in [-0.2, 0) is 4.79 Å². The lowest BCUT2D eigenvalue weighted by Crippen LogP contribution is -2.22. The zero-order valence-electron chi connectivity index (χ0n) is 9.73. The van der Waals surface area contributed by atoms with Gasteiger partial charge in [-0.2, -0.15) is 0 Å². The molecule has 0 unspecified atom stereocenters. The van der Waals surface area contributed by atoms with Crippen LogP contribution in [0, 0.1) is 5.41 Å². The van der Waals surface area contributed by atoms with Crippen molar-refractivity contribution in [2.75, 3.05) is 17.7 Å². The maximum atomic E-state index is 12.2. The number of thioether (sulfide) groups is 1. The Balaban J connectivity index is 1.92. The molecule has 0 atom stereocenters. The third kappa shape index (κ3) is 1.83. The lowest BCUT2D eigenvalue weighted by Gasteiger charge is -2.18. The van der Waals surface area contributed by atoms with E-state index in [4.69, 9.17) is 0 Å². The fourth-order valence-corrected chi connectivity index (χ4v) is 2.93. The minimum atomic E-state index is -0.556. The number of aliphatic hydroxyl groups excluding tert-OH is 1. The summed E-state index contributed by atoms with van der Waals surface area (Å²) < 4.78 is 0. The summed E-state index contributed by atoms with van der Waals surface area (Å²) in [5, 5.41) is 12.0. The number of hydrogen-bond donors (Lipinski definition) is 2. The second kappa shape index (κ2) is 4.10. The van der Waals surface area contributed by atoms with Crippen molar-refractivity contribution in [3.63, 3.8) is 0 Å². The molecule has 3 rings (SSSR count). The predicted molar refractivity (Wildman–Crippen MR) is 68.9 cm³/mol. The first-order valence-electron chi connectivity index (χ1n) is 5.87. The van der Waals surface area contributed by atoms with Crippen LogP contribution in [0.3, 0.4) is 0 Å². The molecule has 0 spiro atoms. The smallest absolute Gasteiger partial charge is 0.234 e. The van der Waals surface area contributed by atoms with Crippen LogP contribution < -0.4 is 5.32 Å². The number of ketones is 1. The number of carbonyl (C=O) groups is 2. The fraction of sp³-hybridized carbons (Fsp3) is 0.385. The van der Waals surface area contributed by atoms with Crippen molar-refractivity contribution < 1.29 is 14.7 Å². The number of aliphatic hydroxyl groups is 1. The highest BCUT2D eigenvalue weighted by molar-refractivity contribution is 8.00. The summed E-state index contributed by atoms with van der Waals surface area (Å²) in [7, 11) is 0. The molecule has 4 nitrogen and oxygen atoms in total. The lowest BCUT2D eigenvalue weighted by atomic mass is 9.95. The third-order valence-electron chi connectivity index (χ3n) is 3.51. The summed E-state index contributed by atoms with van der Waals surface area (Å²) in [4.78, 5) is 24.5. The highest BCUT2D eigenvalue weighted by Gasteiger charge is 2.49. The topological polar surface area (TPSA) is 66.4 Å². The minimum Gasteiger partial charge on any atom is -0.395 e. The van der Waals surface area contributed by atoms with E-state index in [1.807, 2.05) is 6.07 Å². The summed E-state index contributed by atoms with van der Waals surface area (Å²) >= 11 is 1.47. The van der Waals surface area contributed by atoms with Crippen molar-refractivity contribution in [2.45, 2.75) is 17.7 Å². The Bertz CT molecular complexity index is 537. The maximum Gasteiger partial charge on any atom is 0.234 e. The molecule has 94 valence electrons. The average Bonchev–Trinajstić information content (AvgIpc) is 3.18. The van der Waals surface area contributed by atoms with E-state index in [1.54, 1.807) is 12.1 Å². The van der Waals surface area contributed by atoms with Crippen LogP contribution in [0.5, 0.6) is 0 Å². The van der Waals surface area contributed by atoms with Crippen LogP contribution in [0.4, 0.5) is 5.69 Å². The zero-order valence-corrected chi connectivity index (χ0v) is 10.5. The summed E-state index contributed by atoms with van der Waals surface area (Å²) in [5.74, 6) is 0.360. The minimum absolute atomic E-state index is 0.0161. The molecular formula is C13H13NO3S. The lowest BCUT2D eigenvalue weighted by molar-refractivity contribution is -0.113. The number of nitrogens with one attached hydrogen (secondary N) is 1. The molecule has 0 saturated heterocycles. The number of carbonyl (C=O) groups excluding carboxylic acids is 2. The zero-order chi connectivity index (χ0) is 12.8. The van der Waals surface area contributed by atoms with Gasteiger partial charge in [0.25, 0.3) is 0 Å². The number of hydrogen-bond acceptors (Lipinski definition) is 4.